The van der Waals surface area contributed by atoms with Gasteiger partial charge < -0.3 is 4.90 Å². The van der Waals surface area contributed by atoms with Crippen molar-refractivity contribution in [3.8, 4) is 0 Å². The van der Waals surface area contributed by atoms with Crippen molar-refractivity contribution in [2.45, 2.75) is 26.6 Å². The Labute approximate surface area is 145 Å². The zero-order valence-electron chi connectivity index (χ0n) is 14.5. The molecule has 5 nitrogen and oxygen atoms in total. The molecule has 25 heavy (non-hydrogen) atoms. The number of nitrogens with two attached hydrogens (primary N) is 1. The highest BCUT2D eigenvalue weighted by atomic mass is 19.4. The summed E-state index contributed by atoms with van der Waals surface area (Å²) in [4.78, 5) is 16.4. The number of rotatable bonds is 5. The van der Waals surface area contributed by atoms with Crippen LogP contribution in [0.2, 0.25) is 0 Å². The van der Waals surface area contributed by atoms with Gasteiger partial charge in [-0.25, -0.2) is 5.84 Å². The van der Waals surface area contributed by atoms with Crippen molar-refractivity contribution >= 4 is 5.91 Å². The molecule has 1 heterocycles. The first kappa shape index (κ1) is 19.7. The Bertz CT molecular complexity index is 596. The summed E-state index contributed by atoms with van der Waals surface area (Å²) >= 11 is 0. The SMILES string of the molecule is C[C](C)CN1CCN(Cc2ccc(C(F)(F)F)cc2C(=O)NN)CC1. The zero-order chi connectivity index (χ0) is 18.6. The highest BCUT2D eigenvalue weighted by Gasteiger charge is 2.32. The Kier molecular flexibility index (Phi) is 6.42. The first-order chi connectivity index (χ1) is 11.7. The van der Waals surface area contributed by atoms with E-state index >= 15 is 0 Å². The Morgan fingerprint density at radius 2 is 1.76 bits per heavy atom. The summed E-state index contributed by atoms with van der Waals surface area (Å²) in [6, 6.07) is 3.24. The number of hydrazine groups is 1. The van der Waals surface area contributed by atoms with Crippen LogP contribution < -0.4 is 11.3 Å². The van der Waals surface area contributed by atoms with E-state index in [1.807, 2.05) is 5.43 Å². The predicted octanol–water partition coefficient (Wildman–Crippen LogP) is 2.04. The van der Waals surface area contributed by atoms with Crippen molar-refractivity contribution in [1.29, 1.82) is 0 Å². The quantitative estimate of drug-likeness (QED) is 0.481. The molecule has 3 N–H and O–H groups in total. The van der Waals surface area contributed by atoms with Crippen LogP contribution in [0.3, 0.4) is 0 Å². The van der Waals surface area contributed by atoms with Crippen LogP contribution in [0.15, 0.2) is 18.2 Å². The van der Waals surface area contributed by atoms with Crippen molar-refractivity contribution in [1.82, 2.24) is 15.2 Å². The number of alkyl halides is 3. The van der Waals surface area contributed by atoms with Crippen molar-refractivity contribution < 1.29 is 18.0 Å². The van der Waals surface area contributed by atoms with Gasteiger partial charge in [-0.05, 0) is 23.6 Å². The maximum Gasteiger partial charge on any atom is 0.416 e. The van der Waals surface area contributed by atoms with Gasteiger partial charge in [-0.3, -0.25) is 15.1 Å². The molecule has 0 saturated carbocycles. The lowest BCUT2D eigenvalue weighted by Crippen LogP contribution is -2.46. The molecule has 1 radical (unpaired) electrons. The molecule has 1 amide bonds. The smallest absolute Gasteiger partial charge is 0.300 e. The maximum absolute atomic E-state index is 12.9. The molecule has 1 fully saturated rings. The van der Waals surface area contributed by atoms with Crippen LogP contribution in [-0.4, -0.2) is 48.4 Å². The summed E-state index contributed by atoms with van der Waals surface area (Å²) in [5.41, 5.74) is 1.59. The number of benzene rings is 1. The number of nitrogens with zero attached hydrogens (tertiary/aromatic N) is 2. The van der Waals surface area contributed by atoms with E-state index in [1.165, 1.54) is 12.0 Å². The van der Waals surface area contributed by atoms with Crippen LogP contribution in [0, 0.1) is 5.92 Å². The minimum atomic E-state index is -4.50. The fourth-order valence-electron chi connectivity index (χ4n) is 2.97. The van der Waals surface area contributed by atoms with Crippen LogP contribution in [0.5, 0.6) is 0 Å². The van der Waals surface area contributed by atoms with Crippen molar-refractivity contribution in [2.24, 2.45) is 5.84 Å². The van der Waals surface area contributed by atoms with Crippen LogP contribution in [-0.2, 0) is 12.7 Å². The zero-order valence-corrected chi connectivity index (χ0v) is 14.5. The lowest BCUT2D eigenvalue weighted by Gasteiger charge is -2.35. The molecule has 0 unspecified atom stereocenters. The van der Waals surface area contributed by atoms with Crippen LogP contribution in [0.1, 0.15) is 35.3 Å². The highest BCUT2D eigenvalue weighted by molar-refractivity contribution is 5.95. The molecule has 1 aromatic rings. The lowest BCUT2D eigenvalue weighted by molar-refractivity contribution is -0.137. The number of nitrogens with one attached hydrogen (secondary N) is 1. The largest absolute Gasteiger partial charge is 0.416 e. The third-order valence-electron chi connectivity index (χ3n) is 4.21. The first-order valence-electron chi connectivity index (χ1n) is 8.15. The second kappa shape index (κ2) is 8.16. The topological polar surface area (TPSA) is 61.6 Å². The molecule has 0 atom stereocenters. The number of amides is 1. The van der Waals surface area contributed by atoms with E-state index in [1.54, 1.807) is 0 Å². The molecule has 2 rings (SSSR count). The Morgan fingerprint density at radius 3 is 2.28 bits per heavy atom. The molecule has 1 aliphatic rings. The first-order valence-corrected chi connectivity index (χ1v) is 8.15. The molecular formula is C17H24F3N4O. The summed E-state index contributed by atoms with van der Waals surface area (Å²) in [5, 5.41) is 0. The average Bonchev–Trinajstić information content (AvgIpc) is 2.54. The van der Waals surface area contributed by atoms with Gasteiger partial charge in [0, 0.05) is 44.8 Å². The molecular weight excluding hydrogens is 333 g/mol. The molecule has 139 valence electrons. The summed E-state index contributed by atoms with van der Waals surface area (Å²) in [6.07, 6.45) is -4.50. The number of nitrogen functional groups attached to an aromatic ring is 1. The van der Waals surface area contributed by atoms with E-state index < -0.39 is 17.6 Å². The Balaban J connectivity index is 2.10. The number of halogens is 3. The number of hydrogen-bond acceptors (Lipinski definition) is 4. The molecule has 8 heteroatoms. The summed E-state index contributed by atoms with van der Waals surface area (Å²) in [7, 11) is 0. The minimum absolute atomic E-state index is 0.0301. The van der Waals surface area contributed by atoms with E-state index in [4.69, 9.17) is 5.84 Å². The standard InChI is InChI=1S/C17H24F3N4O/c1-12(2)10-23-5-7-24(8-6-23)11-13-3-4-14(17(18,19)20)9-15(13)16(25)22-21/h3-4,9H,5-8,10-11,21H2,1-2H3,(H,22,25). The summed E-state index contributed by atoms with van der Waals surface area (Å²) < 4.78 is 38.7. The number of hydrogen-bond donors (Lipinski definition) is 2. The fraction of sp³-hybridized carbons (Fsp3) is 0.529. The van der Waals surface area contributed by atoms with Gasteiger partial charge in [-0.15, -0.1) is 0 Å². The van der Waals surface area contributed by atoms with Crippen LogP contribution >= 0.6 is 0 Å². The van der Waals surface area contributed by atoms with E-state index in [2.05, 4.69) is 23.6 Å². The van der Waals surface area contributed by atoms with E-state index in [0.717, 1.165) is 44.9 Å². The van der Waals surface area contributed by atoms with Gasteiger partial charge in [0.15, 0.2) is 0 Å². The van der Waals surface area contributed by atoms with Gasteiger partial charge in [0.05, 0.1) is 5.56 Å². The van der Waals surface area contributed by atoms with E-state index in [9.17, 15) is 18.0 Å². The van der Waals surface area contributed by atoms with Crippen molar-refractivity contribution in [3.63, 3.8) is 0 Å². The fourth-order valence-corrected chi connectivity index (χ4v) is 2.97. The maximum atomic E-state index is 12.9. The van der Waals surface area contributed by atoms with Crippen molar-refractivity contribution in [2.75, 3.05) is 32.7 Å². The normalized spacial score (nSPS) is 17.1. The third kappa shape index (κ3) is 5.42. The highest BCUT2D eigenvalue weighted by Crippen LogP contribution is 2.31. The minimum Gasteiger partial charge on any atom is -0.300 e. The van der Waals surface area contributed by atoms with E-state index in [0.29, 0.717) is 12.1 Å². The lowest BCUT2D eigenvalue weighted by atomic mass is 10.0. The van der Waals surface area contributed by atoms with Gasteiger partial charge in [-0.1, -0.05) is 19.9 Å². The number of carbonyl (C=O) groups excluding carboxylic acids is 1. The predicted molar refractivity (Wildman–Crippen MR) is 89.4 cm³/mol. The van der Waals surface area contributed by atoms with Gasteiger partial charge in [-0.2, -0.15) is 13.2 Å². The molecule has 1 saturated heterocycles. The van der Waals surface area contributed by atoms with Gasteiger partial charge in [0.1, 0.15) is 0 Å². The monoisotopic (exact) mass is 357 g/mol. The Morgan fingerprint density at radius 1 is 1.16 bits per heavy atom. The van der Waals surface area contributed by atoms with Gasteiger partial charge in [0.25, 0.3) is 5.91 Å². The van der Waals surface area contributed by atoms with E-state index in [-0.39, 0.29) is 5.56 Å². The third-order valence-corrected chi connectivity index (χ3v) is 4.21. The Hall–Kier alpha value is -1.64. The average molecular weight is 357 g/mol. The van der Waals surface area contributed by atoms with Gasteiger partial charge in [0.2, 0.25) is 0 Å². The molecule has 0 bridgehead atoms. The summed E-state index contributed by atoms with van der Waals surface area (Å²) in [5.74, 6) is 5.76. The molecule has 0 aliphatic carbocycles. The molecule has 1 aromatic carbocycles. The van der Waals surface area contributed by atoms with Crippen LogP contribution in [0.4, 0.5) is 13.2 Å². The number of carbonyl (C=O) groups is 1. The van der Waals surface area contributed by atoms with Crippen LogP contribution in [0.25, 0.3) is 0 Å². The molecule has 0 aromatic heterocycles. The molecule has 0 spiro atoms. The molecule has 1 aliphatic heterocycles. The summed E-state index contributed by atoms with van der Waals surface area (Å²) in [6.45, 7) is 8.95. The second-order valence-electron chi connectivity index (χ2n) is 6.60. The van der Waals surface area contributed by atoms with Crippen molar-refractivity contribution in [3.05, 3.63) is 40.8 Å². The number of piperazine rings is 1. The van der Waals surface area contributed by atoms with Gasteiger partial charge >= 0.3 is 6.18 Å². The second-order valence-corrected chi connectivity index (χ2v) is 6.60.